The second-order valence-electron chi connectivity index (χ2n) is 6.92. The fraction of sp³-hybridized carbons (Fsp3) is 0.591. The minimum absolute atomic E-state index is 0.106. The second kappa shape index (κ2) is 14.3. The number of aliphatic hydroxyl groups excluding tert-OH is 3. The molecule has 28 heavy (non-hydrogen) atoms. The first kappa shape index (κ1) is 24.3. The fourth-order valence-corrected chi connectivity index (χ4v) is 2.84. The van der Waals surface area contributed by atoms with Crippen molar-refractivity contribution in [3.63, 3.8) is 0 Å². The molecule has 4 N–H and O–H groups in total. The number of aliphatic carboxylic acids is 1. The molecular weight excluding hydrogens is 360 g/mol. The van der Waals surface area contributed by atoms with Crippen LogP contribution in [0.1, 0.15) is 51.9 Å². The maximum absolute atomic E-state index is 10.5. The minimum Gasteiger partial charge on any atom is -0.481 e. The molecule has 1 aliphatic heterocycles. The highest BCUT2D eigenvalue weighted by molar-refractivity contribution is 5.66. The van der Waals surface area contributed by atoms with Crippen molar-refractivity contribution in [3.05, 3.63) is 48.6 Å². The van der Waals surface area contributed by atoms with Crippen LogP contribution in [0.25, 0.3) is 0 Å². The predicted molar refractivity (Wildman–Crippen MR) is 109 cm³/mol. The van der Waals surface area contributed by atoms with Crippen molar-refractivity contribution in [2.45, 2.75) is 82.4 Å². The molecule has 5 atom stereocenters. The summed E-state index contributed by atoms with van der Waals surface area (Å²) in [5.41, 5.74) is 0. The average molecular weight is 395 g/mol. The molecule has 0 spiro atoms. The molecule has 0 aromatic carbocycles. The summed E-state index contributed by atoms with van der Waals surface area (Å²) >= 11 is 0. The van der Waals surface area contributed by atoms with Crippen LogP contribution in [0, 0.1) is 0 Å². The van der Waals surface area contributed by atoms with Gasteiger partial charge in [0.25, 0.3) is 0 Å². The van der Waals surface area contributed by atoms with Crippen LogP contribution in [0.3, 0.4) is 0 Å². The molecule has 6 nitrogen and oxygen atoms in total. The zero-order valence-electron chi connectivity index (χ0n) is 16.6. The van der Waals surface area contributed by atoms with Crippen LogP contribution in [0.2, 0.25) is 0 Å². The zero-order valence-corrected chi connectivity index (χ0v) is 16.6. The van der Waals surface area contributed by atoms with E-state index >= 15 is 0 Å². The van der Waals surface area contributed by atoms with Crippen LogP contribution < -0.4 is 0 Å². The van der Waals surface area contributed by atoms with E-state index in [-0.39, 0.29) is 12.8 Å². The molecule has 0 aromatic rings. The van der Waals surface area contributed by atoms with E-state index in [0.717, 1.165) is 19.3 Å². The lowest BCUT2D eigenvalue weighted by molar-refractivity contribution is -0.137. The highest BCUT2D eigenvalue weighted by Gasteiger charge is 2.35. The lowest BCUT2D eigenvalue weighted by Gasteiger charge is -2.16. The Balaban J connectivity index is 2.31. The quantitative estimate of drug-likeness (QED) is 0.358. The van der Waals surface area contributed by atoms with E-state index in [0.29, 0.717) is 12.8 Å². The van der Waals surface area contributed by atoms with Gasteiger partial charge in [-0.2, -0.15) is 0 Å². The van der Waals surface area contributed by atoms with Gasteiger partial charge in [0.15, 0.2) is 0 Å². The van der Waals surface area contributed by atoms with Gasteiger partial charge in [0.2, 0.25) is 0 Å². The number of hydrogen-bond donors (Lipinski definition) is 4. The smallest absolute Gasteiger partial charge is 0.303 e. The van der Waals surface area contributed by atoms with Gasteiger partial charge in [-0.15, -0.1) is 0 Å². The van der Waals surface area contributed by atoms with Crippen molar-refractivity contribution >= 4 is 5.97 Å². The van der Waals surface area contributed by atoms with E-state index in [1.807, 2.05) is 12.2 Å². The number of allylic oxidation sites excluding steroid dienone is 5. The van der Waals surface area contributed by atoms with Gasteiger partial charge in [-0.3, -0.25) is 4.79 Å². The standard InChI is InChI=1S/C22H34O6/c1-2-3-4-5-6-7-8-9-10-11-18(24)21-16-19(25)20(28-21)14-12-17(23)13-15-22(26)27/h3-4,6-7,9-10,12,14,17-21,23-25H,2,5,8,11,13,15-16H2,1H3,(H,26,27)/b4-3-,7-6-,10-9-,14-12+/t17-,18+,19+,20-,21+/m0/s1. The monoisotopic (exact) mass is 394 g/mol. The Hall–Kier alpha value is -1.73. The molecule has 0 saturated carbocycles. The zero-order chi connectivity index (χ0) is 20.8. The average Bonchev–Trinajstić information content (AvgIpc) is 3.04. The maximum atomic E-state index is 10.5. The van der Waals surface area contributed by atoms with Crippen molar-refractivity contribution in [3.8, 4) is 0 Å². The van der Waals surface area contributed by atoms with Gasteiger partial charge in [0.1, 0.15) is 6.10 Å². The third-order valence-corrected chi connectivity index (χ3v) is 4.45. The molecule has 0 unspecified atom stereocenters. The van der Waals surface area contributed by atoms with Crippen molar-refractivity contribution in [1.82, 2.24) is 0 Å². The Morgan fingerprint density at radius 3 is 2.39 bits per heavy atom. The van der Waals surface area contributed by atoms with Gasteiger partial charge in [-0.05, 0) is 32.1 Å². The number of carboxylic acids is 1. The molecule has 0 aliphatic carbocycles. The lowest BCUT2D eigenvalue weighted by atomic mass is 10.0. The largest absolute Gasteiger partial charge is 0.481 e. The summed E-state index contributed by atoms with van der Waals surface area (Å²) in [6.07, 6.45) is 15.4. The molecule has 1 aliphatic rings. The Morgan fingerprint density at radius 2 is 1.75 bits per heavy atom. The number of carbonyl (C=O) groups is 1. The summed E-state index contributed by atoms with van der Waals surface area (Å²) in [5.74, 6) is -0.968. The molecule has 1 rings (SSSR count). The Bertz CT molecular complexity index is 551. The molecule has 6 heteroatoms. The summed E-state index contributed by atoms with van der Waals surface area (Å²) < 4.78 is 5.67. The number of carboxylic acid groups (broad SMARTS) is 1. The van der Waals surface area contributed by atoms with E-state index < -0.39 is 36.5 Å². The predicted octanol–water partition coefficient (Wildman–Crippen LogP) is 2.90. The molecule has 1 fully saturated rings. The summed E-state index contributed by atoms with van der Waals surface area (Å²) in [6, 6.07) is 0. The van der Waals surface area contributed by atoms with Crippen LogP contribution in [-0.4, -0.2) is 56.9 Å². The number of rotatable bonds is 13. The van der Waals surface area contributed by atoms with E-state index in [1.165, 1.54) is 12.2 Å². The maximum Gasteiger partial charge on any atom is 0.303 e. The minimum atomic E-state index is -0.968. The van der Waals surface area contributed by atoms with Crippen LogP contribution in [0.15, 0.2) is 48.6 Å². The first-order valence-corrected chi connectivity index (χ1v) is 9.98. The second-order valence-corrected chi connectivity index (χ2v) is 6.92. The van der Waals surface area contributed by atoms with Gasteiger partial charge in [0.05, 0.1) is 24.4 Å². The number of ether oxygens (including phenoxy) is 1. The van der Waals surface area contributed by atoms with Gasteiger partial charge >= 0.3 is 5.97 Å². The van der Waals surface area contributed by atoms with Crippen molar-refractivity contribution in [2.24, 2.45) is 0 Å². The molecule has 158 valence electrons. The first-order valence-electron chi connectivity index (χ1n) is 9.98. The lowest BCUT2D eigenvalue weighted by Crippen LogP contribution is -2.25. The van der Waals surface area contributed by atoms with Crippen LogP contribution in [-0.2, 0) is 9.53 Å². The Kier molecular flexibility index (Phi) is 12.4. The van der Waals surface area contributed by atoms with Gasteiger partial charge in [-0.1, -0.05) is 55.5 Å². The molecule has 0 aromatic heterocycles. The van der Waals surface area contributed by atoms with E-state index in [9.17, 15) is 20.1 Å². The van der Waals surface area contributed by atoms with Crippen molar-refractivity contribution in [2.75, 3.05) is 0 Å². The molecule has 1 saturated heterocycles. The first-order chi connectivity index (χ1) is 13.4. The molecule has 0 amide bonds. The van der Waals surface area contributed by atoms with Crippen LogP contribution >= 0.6 is 0 Å². The number of aliphatic hydroxyl groups is 3. The van der Waals surface area contributed by atoms with Gasteiger partial charge < -0.3 is 25.2 Å². The third kappa shape index (κ3) is 10.6. The van der Waals surface area contributed by atoms with E-state index in [2.05, 4.69) is 31.2 Å². The van der Waals surface area contributed by atoms with Crippen molar-refractivity contribution in [1.29, 1.82) is 0 Å². The summed E-state index contributed by atoms with van der Waals surface area (Å²) in [7, 11) is 0. The van der Waals surface area contributed by atoms with Crippen LogP contribution in [0.5, 0.6) is 0 Å². The topological polar surface area (TPSA) is 107 Å². The van der Waals surface area contributed by atoms with E-state index in [4.69, 9.17) is 9.84 Å². The van der Waals surface area contributed by atoms with Crippen LogP contribution in [0.4, 0.5) is 0 Å². The summed E-state index contributed by atoms with van der Waals surface area (Å²) in [5, 5.41) is 38.6. The third-order valence-electron chi connectivity index (χ3n) is 4.45. The van der Waals surface area contributed by atoms with E-state index in [1.54, 1.807) is 0 Å². The normalized spacial score (nSPS) is 25.5. The highest BCUT2D eigenvalue weighted by atomic mass is 16.5. The van der Waals surface area contributed by atoms with Crippen molar-refractivity contribution < 1.29 is 30.0 Å². The molecule has 0 bridgehead atoms. The van der Waals surface area contributed by atoms with Gasteiger partial charge in [0, 0.05) is 12.8 Å². The summed E-state index contributed by atoms with van der Waals surface area (Å²) in [6.45, 7) is 2.10. The SMILES string of the molecule is CC/C=C\C/C=C\C/C=C\C[C@@H](O)[C@H]1C[C@@H](O)[C@H](/C=C/[C@H](O)CCC(=O)O)O1. The fourth-order valence-electron chi connectivity index (χ4n) is 2.84. The molecule has 1 heterocycles. The highest BCUT2D eigenvalue weighted by Crippen LogP contribution is 2.25. The molecular formula is C22H34O6. The Labute approximate surface area is 167 Å². The summed E-state index contributed by atoms with van der Waals surface area (Å²) in [4.78, 5) is 10.5. The molecule has 0 radical (unpaired) electrons. The van der Waals surface area contributed by atoms with Gasteiger partial charge in [-0.25, -0.2) is 0 Å². The number of hydrogen-bond acceptors (Lipinski definition) is 5. The Morgan fingerprint density at radius 1 is 1.11 bits per heavy atom.